The third-order valence-corrected chi connectivity index (χ3v) is 0. The van der Waals surface area contributed by atoms with E-state index in [1.54, 1.807) is 0 Å². The van der Waals surface area contributed by atoms with Gasteiger partial charge in [-0.1, -0.05) is 14.9 Å². The van der Waals surface area contributed by atoms with Crippen molar-refractivity contribution in [1.82, 2.24) is 0 Å². The average molecular weight is 381 g/mol. The Labute approximate surface area is 162 Å². The van der Waals surface area contributed by atoms with Crippen LogP contribution in [0.5, 0.6) is 0 Å². The summed E-state index contributed by atoms with van der Waals surface area (Å²) in [6.45, 7) is 18.3. The summed E-state index contributed by atoms with van der Waals surface area (Å²) in [6, 6.07) is 0. The molecule has 0 heterocycles. The summed E-state index contributed by atoms with van der Waals surface area (Å²) >= 11 is 0. The smallest absolute Gasteiger partial charge is 0.126 e. The standard InChI is InChI=1S/6C3H6O.2CH4/c6*1-3(2)4;;/h6*1-2H3;2*1H4. The first-order valence-electron chi connectivity index (χ1n) is 7.22. The van der Waals surface area contributed by atoms with E-state index in [4.69, 9.17) is 0 Å². The normalized spacial score (nSPS) is 6.00. The van der Waals surface area contributed by atoms with Crippen LogP contribution in [0.2, 0.25) is 0 Å². The van der Waals surface area contributed by atoms with E-state index in [-0.39, 0.29) is 49.6 Å². The van der Waals surface area contributed by atoms with Crippen LogP contribution in [0.15, 0.2) is 0 Å². The third kappa shape index (κ3) is 2480. The van der Waals surface area contributed by atoms with Crippen LogP contribution in [0.1, 0.15) is 97.9 Å². The van der Waals surface area contributed by atoms with Gasteiger partial charge in [0, 0.05) is 0 Å². The second-order valence-electron chi connectivity index (χ2n) is 5.45. The molecule has 6 heteroatoms. The first-order valence-corrected chi connectivity index (χ1v) is 7.22. The van der Waals surface area contributed by atoms with Gasteiger partial charge in [0.15, 0.2) is 0 Å². The molecule has 0 aliphatic carbocycles. The summed E-state index contributed by atoms with van der Waals surface area (Å²) < 4.78 is 0. The Bertz CT molecular complexity index is 251. The second kappa shape index (κ2) is 43.5. The van der Waals surface area contributed by atoms with E-state index in [0.29, 0.717) is 0 Å². The Morgan fingerprint density at radius 2 is 0.269 bits per heavy atom. The lowest BCUT2D eigenvalue weighted by molar-refractivity contribution is -0.115. The minimum Gasteiger partial charge on any atom is -0.300 e. The van der Waals surface area contributed by atoms with Crippen molar-refractivity contribution in [2.75, 3.05) is 0 Å². The minimum absolute atomic E-state index is 0. The molecule has 0 aromatic heterocycles. The Morgan fingerprint density at radius 1 is 0.269 bits per heavy atom. The second-order valence-corrected chi connectivity index (χ2v) is 5.45. The molecular formula is C20H44O6. The average Bonchev–Trinajstić information content (AvgIpc) is 2.08. The summed E-state index contributed by atoms with van der Waals surface area (Å²) in [5.41, 5.74) is 0. The largest absolute Gasteiger partial charge is 0.300 e. The van der Waals surface area contributed by atoms with E-state index in [1.807, 2.05) is 0 Å². The van der Waals surface area contributed by atoms with Gasteiger partial charge in [0.25, 0.3) is 0 Å². The molecule has 0 aromatic rings. The van der Waals surface area contributed by atoms with Crippen molar-refractivity contribution in [1.29, 1.82) is 0 Å². The van der Waals surface area contributed by atoms with Crippen LogP contribution in [0.3, 0.4) is 0 Å². The number of carbonyl (C=O) groups excluding carboxylic acids is 6. The SMILES string of the molecule is C.C.CC(C)=O.CC(C)=O.CC(C)=O.CC(C)=O.CC(C)=O.CC(C)=O. The number of rotatable bonds is 0. The van der Waals surface area contributed by atoms with E-state index in [2.05, 4.69) is 0 Å². The Hall–Kier alpha value is -1.98. The van der Waals surface area contributed by atoms with Crippen molar-refractivity contribution in [3.05, 3.63) is 0 Å². The Morgan fingerprint density at radius 3 is 0.269 bits per heavy atom. The highest BCUT2D eigenvalue weighted by molar-refractivity contribution is 5.73. The molecule has 0 spiro atoms. The van der Waals surface area contributed by atoms with Crippen molar-refractivity contribution >= 4 is 34.7 Å². The number of carbonyl (C=O) groups is 6. The van der Waals surface area contributed by atoms with Crippen molar-refractivity contribution in [3.63, 3.8) is 0 Å². The van der Waals surface area contributed by atoms with Gasteiger partial charge in [0.2, 0.25) is 0 Å². The van der Waals surface area contributed by atoms with Crippen LogP contribution in [-0.4, -0.2) is 34.7 Å². The maximum atomic E-state index is 9.44. The zero-order valence-electron chi connectivity index (χ0n) is 17.4. The molecule has 26 heavy (non-hydrogen) atoms. The topological polar surface area (TPSA) is 102 Å². The zero-order valence-corrected chi connectivity index (χ0v) is 17.4. The fourth-order valence-corrected chi connectivity index (χ4v) is 0. The van der Waals surface area contributed by atoms with Crippen LogP contribution in [-0.2, 0) is 28.8 Å². The fourth-order valence-electron chi connectivity index (χ4n) is 0. The Kier molecular flexibility index (Phi) is 83.0. The summed E-state index contributed by atoms with van der Waals surface area (Å²) in [6.07, 6.45) is 0. The number of Topliss-reactive ketones (excluding diaryl/α,β-unsaturated/α-hetero) is 6. The highest BCUT2D eigenvalue weighted by atomic mass is 16.1. The zero-order chi connectivity index (χ0) is 21.5. The number of hydrogen-bond donors (Lipinski definition) is 0. The van der Waals surface area contributed by atoms with Gasteiger partial charge < -0.3 is 28.8 Å². The van der Waals surface area contributed by atoms with Crippen LogP contribution >= 0.6 is 0 Å². The molecule has 0 fully saturated rings. The molecule has 0 N–H and O–H groups in total. The summed E-state index contributed by atoms with van der Waals surface area (Å²) in [7, 11) is 0. The van der Waals surface area contributed by atoms with Gasteiger partial charge in [-0.15, -0.1) is 0 Å². The molecule has 160 valence electrons. The number of ketones is 6. The molecular weight excluding hydrogens is 336 g/mol. The highest BCUT2D eigenvalue weighted by Crippen LogP contribution is 1.52. The molecule has 0 rings (SSSR count). The quantitative estimate of drug-likeness (QED) is 0.595. The predicted octanol–water partition coefficient (Wildman–Crippen LogP) is 4.84. The molecule has 0 atom stereocenters. The molecule has 0 radical (unpaired) electrons. The molecule has 6 nitrogen and oxygen atoms in total. The lowest BCUT2D eigenvalue weighted by Gasteiger charge is -1.56. The third-order valence-electron chi connectivity index (χ3n) is 0. The summed E-state index contributed by atoms with van der Waals surface area (Å²) in [5.74, 6) is 1.00. The van der Waals surface area contributed by atoms with E-state index < -0.39 is 0 Å². The van der Waals surface area contributed by atoms with Gasteiger partial charge >= 0.3 is 0 Å². The van der Waals surface area contributed by atoms with Crippen molar-refractivity contribution in [3.8, 4) is 0 Å². The maximum absolute atomic E-state index is 9.44. The molecule has 0 saturated carbocycles. The Balaban J connectivity index is -0.0000000245. The van der Waals surface area contributed by atoms with Crippen LogP contribution in [0.25, 0.3) is 0 Å². The van der Waals surface area contributed by atoms with Gasteiger partial charge in [-0.25, -0.2) is 0 Å². The highest BCUT2D eigenvalue weighted by Gasteiger charge is 1.64. The van der Waals surface area contributed by atoms with Gasteiger partial charge in [0.05, 0.1) is 0 Å². The van der Waals surface area contributed by atoms with E-state index >= 15 is 0 Å². The molecule has 0 saturated heterocycles. The molecule has 0 amide bonds. The monoisotopic (exact) mass is 380 g/mol. The van der Waals surface area contributed by atoms with E-state index in [1.165, 1.54) is 83.1 Å². The summed E-state index contributed by atoms with van der Waals surface area (Å²) in [4.78, 5) is 56.7. The van der Waals surface area contributed by atoms with Crippen LogP contribution in [0, 0.1) is 0 Å². The van der Waals surface area contributed by atoms with Gasteiger partial charge in [-0.05, 0) is 83.1 Å². The van der Waals surface area contributed by atoms with Crippen molar-refractivity contribution in [2.24, 2.45) is 0 Å². The lowest BCUT2D eigenvalue weighted by atomic mass is 10.6. The van der Waals surface area contributed by atoms with E-state index in [0.717, 1.165) is 0 Å². The van der Waals surface area contributed by atoms with Crippen molar-refractivity contribution < 1.29 is 28.8 Å². The number of hydrogen-bond acceptors (Lipinski definition) is 6. The van der Waals surface area contributed by atoms with Gasteiger partial charge in [-0.3, -0.25) is 0 Å². The minimum atomic E-state index is 0. The fraction of sp³-hybridized carbons (Fsp3) is 0.700. The van der Waals surface area contributed by atoms with E-state index in [9.17, 15) is 28.8 Å². The van der Waals surface area contributed by atoms with Crippen molar-refractivity contribution in [2.45, 2.75) is 97.9 Å². The summed E-state index contributed by atoms with van der Waals surface area (Å²) in [5, 5.41) is 0. The molecule has 0 bridgehead atoms. The lowest BCUT2D eigenvalue weighted by Crippen LogP contribution is -1.69. The maximum Gasteiger partial charge on any atom is 0.126 e. The molecule has 0 aromatic carbocycles. The predicted molar refractivity (Wildman–Crippen MR) is 112 cm³/mol. The van der Waals surface area contributed by atoms with Crippen LogP contribution in [0.4, 0.5) is 0 Å². The first-order chi connectivity index (χ1) is 10.4. The molecule has 0 aliphatic rings. The van der Waals surface area contributed by atoms with Gasteiger partial charge in [0.1, 0.15) is 34.7 Å². The molecule has 0 unspecified atom stereocenters. The van der Waals surface area contributed by atoms with Gasteiger partial charge in [-0.2, -0.15) is 0 Å². The molecule has 0 aliphatic heterocycles. The van der Waals surface area contributed by atoms with Crippen LogP contribution < -0.4 is 0 Å². The first kappa shape index (κ1) is 49.6.